The highest BCUT2D eigenvalue weighted by molar-refractivity contribution is 5.31. The molecule has 82 valence electrons. The molecule has 0 spiro atoms. The highest BCUT2D eigenvalue weighted by Crippen LogP contribution is 2.39. The Morgan fingerprint density at radius 1 is 1.40 bits per heavy atom. The van der Waals surface area contributed by atoms with Gasteiger partial charge in [-0.1, -0.05) is 19.9 Å². The van der Waals surface area contributed by atoms with Crippen molar-refractivity contribution < 1.29 is 9.50 Å². The first kappa shape index (κ1) is 10.6. The molecule has 0 heterocycles. The van der Waals surface area contributed by atoms with E-state index in [1.165, 1.54) is 12.1 Å². The Labute approximate surface area is 89.9 Å². The van der Waals surface area contributed by atoms with Crippen molar-refractivity contribution in [1.29, 1.82) is 0 Å². The molecule has 1 N–H and O–H groups in total. The summed E-state index contributed by atoms with van der Waals surface area (Å²) in [4.78, 5) is 0. The lowest BCUT2D eigenvalue weighted by Crippen LogP contribution is -2.13. The maximum absolute atomic E-state index is 13.1. The van der Waals surface area contributed by atoms with Crippen molar-refractivity contribution >= 4 is 0 Å². The summed E-state index contributed by atoms with van der Waals surface area (Å²) >= 11 is 0. The van der Waals surface area contributed by atoms with Gasteiger partial charge in [0.25, 0.3) is 0 Å². The Balaban J connectivity index is 2.40. The third-order valence-corrected chi connectivity index (χ3v) is 3.28. The van der Waals surface area contributed by atoms with Crippen molar-refractivity contribution in [2.24, 2.45) is 5.41 Å². The van der Waals surface area contributed by atoms with Crippen LogP contribution in [0, 0.1) is 11.2 Å². The number of aliphatic hydroxyl groups excluding tert-OH is 1. The molecule has 0 aromatic heterocycles. The summed E-state index contributed by atoms with van der Waals surface area (Å²) < 4.78 is 13.1. The lowest BCUT2D eigenvalue weighted by Gasteiger charge is -2.23. The van der Waals surface area contributed by atoms with Crippen molar-refractivity contribution in [3.05, 3.63) is 35.1 Å². The van der Waals surface area contributed by atoms with Gasteiger partial charge in [0, 0.05) is 0 Å². The first-order valence-corrected chi connectivity index (χ1v) is 5.44. The zero-order valence-electron chi connectivity index (χ0n) is 9.26. The van der Waals surface area contributed by atoms with Gasteiger partial charge in [0.05, 0.1) is 6.10 Å². The number of hydrogen-bond acceptors (Lipinski definition) is 1. The molecule has 1 aromatic carbocycles. The molecule has 1 aromatic rings. The molecule has 0 fully saturated rings. The summed E-state index contributed by atoms with van der Waals surface area (Å²) in [6.45, 7) is 4.30. The molecule has 1 nitrogen and oxygen atoms in total. The van der Waals surface area contributed by atoms with E-state index in [1.807, 2.05) is 0 Å². The minimum atomic E-state index is -0.520. The van der Waals surface area contributed by atoms with Crippen molar-refractivity contribution in [3.8, 4) is 0 Å². The first-order valence-electron chi connectivity index (χ1n) is 5.44. The van der Waals surface area contributed by atoms with Crippen LogP contribution in [0.15, 0.2) is 18.2 Å². The van der Waals surface area contributed by atoms with Crippen LogP contribution in [-0.4, -0.2) is 5.11 Å². The van der Waals surface area contributed by atoms with Crippen molar-refractivity contribution in [2.75, 3.05) is 0 Å². The van der Waals surface area contributed by atoms with Gasteiger partial charge in [0.15, 0.2) is 0 Å². The quantitative estimate of drug-likeness (QED) is 0.649. The molecule has 0 radical (unpaired) electrons. The molecule has 0 bridgehead atoms. The van der Waals surface area contributed by atoms with Crippen LogP contribution in [0.25, 0.3) is 0 Å². The van der Waals surface area contributed by atoms with E-state index < -0.39 is 6.10 Å². The summed E-state index contributed by atoms with van der Waals surface area (Å²) in [5.41, 5.74) is 2.00. The summed E-state index contributed by atoms with van der Waals surface area (Å²) in [5, 5.41) is 10.0. The van der Waals surface area contributed by atoms with Gasteiger partial charge >= 0.3 is 0 Å². The number of hydrogen-bond donors (Lipinski definition) is 1. The number of aryl methyl sites for hydroxylation is 1. The van der Waals surface area contributed by atoms with Crippen LogP contribution >= 0.6 is 0 Å². The lowest BCUT2D eigenvalue weighted by atomic mass is 9.84. The van der Waals surface area contributed by atoms with E-state index in [4.69, 9.17) is 0 Å². The summed E-state index contributed by atoms with van der Waals surface area (Å²) in [6.07, 6.45) is 2.17. The van der Waals surface area contributed by atoms with Gasteiger partial charge in [-0.05, 0) is 47.9 Å². The molecule has 1 unspecified atom stereocenters. The van der Waals surface area contributed by atoms with Gasteiger partial charge in [0.2, 0.25) is 0 Å². The third-order valence-electron chi connectivity index (χ3n) is 3.28. The fourth-order valence-electron chi connectivity index (χ4n) is 2.31. The molecule has 0 saturated heterocycles. The van der Waals surface area contributed by atoms with Crippen molar-refractivity contribution in [1.82, 2.24) is 0 Å². The molecule has 15 heavy (non-hydrogen) atoms. The number of benzene rings is 1. The van der Waals surface area contributed by atoms with Crippen LogP contribution in [-0.2, 0) is 6.42 Å². The van der Waals surface area contributed by atoms with Gasteiger partial charge in [-0.2, -0.15) is 0 Å². The number of fused-ring (bicyclic) bond motifs is 1. The minimum Gasteiger partial charge on any atom is -0.388 e. The van der Waals surface area contributed by atoms with Crippen LogP contribution in [0.3, 0.4) is 0 Å². The second-order valence-corrected chi connectivity index (χ2v) is 5.23. The molecule has 0 amide bonds. The third kappa shape index (κ3) is 2.20. The fraction of sp³-hybridized carbons (Fsp3) is 0.538. The van der Waals surface area contributed by atoms with Crippen LogP contribution < -0.4 is 0 Å². The predicted octanol–water partition coefficient (Wildman–Crippen LogP) is 3.22. The second-order valence-electron chi connectivity index (χ2n) is 5.23. The van der Waals surface area contributed by atoms with E-state index in [1.54, 1.807) is 6.07 Å². The fourth-order valence-corrected chi connectivity index (χ4v) is 2.31. The predicted molar refractivity (Wildman–Crippen MR) is 58.1 cm³/mol. The number of aliphatic hydroxyl groups is 1. The standard InChI is InChI=1S/C13H17FO/c1-13(2)6-5-9-3-4-10(14)7-11(9)12(15)8-13/h3-4,7,12,15H,5-6,8H2,1-2H3. The van der Waals surface area contributed by atoms with Gasteiger partial charge in [-0.25, -0.2) is 4.39 Å². The monoisotopic (exact) mass is 208 g/mol. The van der Waals surface area contributed by atoms with E-state index in [2.05, 4.69) is 13.8 Å². The summed E-state index contributed by atoms with van der Waals surface area (Å²) in [6, 6.07) is 4.75. The summed E-state index contributed by atoms with van der Waals surface area (Å²) in [5.74, 6) is -0.257. The van der Waals surface area contributed by atoms with Crippen LogP contribution in [0.2, 0.25) is 0 Å². The Morgan fingerprint density at radius 3 is 2.87 bits per heavy atom. The van der Waals surface area contributed by atoms with E-state index in [9.17, 15) is 9.50 Å². The Hall–Kier alpha value is -0.890. The topological polar surface area (TPSA) is 20.2 Å². The molecule has 1 aliphatic rings. The highest BCUT2D eigenvalue weighted by Gasteiger charge is 2.28. The van der Waals surface area contributed by atoms with Gasteiger partial charge in [-0.3, -0.25) is 0 Å². The zero-order chi connectivity index (χ0) is 11.1. The first-order chi connectivity index (χ1) is 6.98. The molecular weight excluding hydrogens is 191 g/mol. The molecule has 1 atom stereocenters. The summed E-state index contributed by atoms with van der Waals surface area (Å²) in [7, 11) is 0. The van der Waals surface area contributed by atoms with E-state index in [0.717, 1.165) is 24.0 Å². The Morgan fingerprint density at radius 2 is 2.13 bits per heavy atom. The van der Waals surface area contributed by atoms with Gasteiger partial charge in [-0.15, -0.1) is 0 Å². The molecule has 0 aliphatic heterocycles. The molecule has 1 aliphatic carbocycles. The van der Waals surface area contributed by atoms with E-state index in [-0.39, 0.29) is 11.2 Å². The lowest BCUT2D eigenvalue weighted by molar-refractivity contribution is 0.116. The van der Waals surface area contributed by atoms with Crippen LogP contribution in [0.4, 0.5) is 4.39 Å². The normalized spacial score (nSPS) is 24.4. The van der Waals surface area contributed by atoms with E-state index >= 15 is 0 Å². The highest BCUT2D eigenvalue weighted by atomic mass is 19.1. The molecule has 2 rings (SSSR count). The maximum atomic E-state index is 13.1. The van der Waals surface area contributed by atoms with Crippen LogP contribution in [0.1, 0.15) is 43.9 Å². The van der Waals surface area contributed by atoms with Crippen molar-refractivity contribution in [3.63, 3.8) is 0 Å². The van der Waals surface area contributed by atoms with Gasteiger partial charge < -0.3 is 5.11 Å². The Bertz CT molecular complexity index is 371. The number of rotatable bonds is 0. The average molecular weight is 208 g/mol. The smallest absolute Gasteiger partial charge is 0.123 e. The van der Waals surface area contributed by atoms with E-state index in [0.29, 0.717) is 6.42 Å². The average Bonchev–Trinajstić information content (AvgIpc) is 2.24. The van der Waals surface area contributed by atoms with Gasteiger partial charge in [0.1, 0.15) is 5.82 Å². The minimum absolute atomic E-state index is 0.134. The van der Waals surface area contributed by atoms with Crippen LogP contribution in [0.5, 0.6) is 0 Å². The van der Waals surface area contributed by atoms with Crippen molar-refractivity contribution in [2.45, 2.75) is 39.2 Å². The second kappa shape index (κ2) is 3.60. The Kier molecular flexibility index (Phi) is 2.55. The molecule has 2 heteroatoms. The maximum Gasteiger partial charge on any atom is 0.123 e. The number of halogens is 1. The molecule has 0 saturated carbocycles. The zero-order valence-corrected chi connectivity index (χ0v) is 9.26. The largest absolute Gasteiger partial charge is 0.388 e. The SMILES string of the molecule is CC1(C)CCc2ccc(F)cc2C(O)C1. The molecular formula is C13H17FO.